The van der Waals surface area contributed by atoms with Crippen LogP contribution in [0.5, 0.6) is 0 Å². The zero-order chi connectivity index (χ0) is 13.8. The highest BCUT2D eigenvalue weighted by atomic mass is 79.9. The molecule has 1 aromatic rings. The van der Waals surface area contributed by atoms with Crippen LogP contribution in [0.1, 0.15) is 18.9 Å². The van der Waals surface area contributed by atoms with Gasteiger partial charge in [-0.1, -0.05) is 22.9 Å². The molecule has 19 heavy (non-hydrogen) atoms. The SMILES string of the molecule is CCC1COCCN1c1ccc([N+](=O)[O-])cc1CBr. The molecule has 0 saturated carbocycles. The smallest absolute Gasteiger partial charge is 0.269 e. The van der Waals surface area contributed by atoms with Gasteiger partial charge in [-0.05, 0) is 18.1 Å². The maximum Gasteiger partial charge on any atom is 0.269 e. The summed E-state index contributed by atoms with van der Waals surface area (Å²) in [6.45, 7) is 4.38. The summed E-state index contributed by atoms with van der Waals surface area (Å²) in [5, 5.41) is 11.4. The number of nitrogens with zero attached hydrogens (tertiary/aromatic N) is 2. The van der Waals surface area contributed by atoms with Gasteiger partial charge in [0.25, 0.3) is 5.69 Å². The number of hydrogen-bond acceptors (Lipinski definition) is 4. The summed E-state index contributed by atoms with van der Waals surface area (Å²) in [7, 11) is 0. The predicted molar refractivity (Wildman–Crippen MR) is 78.0 cm³/mol. The van der Waals surface area contributed by atoms with Crippen LogP contribution >= 0.6 is 15.9 Å². The molecule has 104 valence electrons. The van der Waals surface area contributed by atoms with E-state index in [1.165, 1.54) is 0 Å². The molecular formula is C13H17BrN2O3. The summed E-state index contributed by atoms with van der Waals surface area (Å²) < 4.78 is 5.50. The van der Waals surface area contributed by atoms with Crippen molar-refractivity contribution in [2.45, 2.75) is 24.7 Å². The molecule has 0 aromatic heterocycles. The van der Waals surface area contributed by atoms with Crippen molar-refractivity contribution in [2.24, 2.45) is 0 Å². The predicted octanol–water partition coefficient (Wildman–Crippen LogP) is 3.10. The Hall–Kier alpha value is -1.14. The third-order valence-corrected chi connectivity index (χ3v) is 4.03. The van der Waals surface area contributed by atoms with Gasteiger partial charge in [-0.3, -0.25) is 10.1 Å². The largest absolute Gasteiger partial charge is 0.377 e. The summed E-state index contributed by atoms with van der Waals surface area (Å²) in [6, 6.07) is 5.41. The van der Waals surface area contributed by atoms with Gasteiger partial charge in [0.2, 0.25) is 0 Å². The third-order valence-electron chi connectivity index (χ3n) is 3.43. The molecule has 1 fully saturated rings. The highest BCUT2D eigenvalue weighted by molar-refractivity contribution is 9.08. The second-order valence-corrected chi connectivity index (χ2v) is 5.09. The highest BCUT2D eigenvalue weighted by Crippen LogP contribution is 2.30. The second-order valence-electron chi connectivity index (χ2n) is 4.53. The Kier molecular flexibility index (Phi) is 4.76. The number of rotatable bonds is 4. The van der Waals surface area contributed by atoms with E-state index in [-0.39, 0.29) is 10.6 Å². The average molecular weight is 329 g/mol. The lowest BCUT2D eigenvalue weighted by atomic mass is 10.1. The molecule has 1 heterocycles. The van der Waals surface area contributed by atoms with Gasteiger partial charge in [0.05, 0.1) is 24.2 Å². The van der Waals surface area contributed by atoms with Crippen molar-refractivity contribution in [3.63, 3.8) is 0 Å². The quantitative estimate of drug-likeness (QED) is 0.484. The average Bonchev–Trinajstić information content (AvgIpc) is 2.46. The first-order valence-corrected chi connectivity index (χ1v) is 7.47. The molecule has 1 aliphatic rings. The molecule has 0 spiro atoms. The van der Waals surface area contributed by atoms with Crippen molar-refractivity contribution in [3.8, 4) is 0 Å². The van der Waals surface area contributed by atoms with Crippen LogP contribution in [0.3, 0.4) is 0 Å². The number of nitro groups is 1. The van der Waals surface area contributed by atoms with Crippen molar-refractivity contribution in [1.29, 1.82) is 0 Å². The summed E-state index contributed by atoms with van der Waals surface area (Å²) in [5.74, 6) is 0. The fourth-order valence-electron chi connectivity index (χ4n) is 2.38. The lowest BCUT2D eigenvalue weighted by molar-refractivity contribution is -0.384. The maximum atomic E-state index is 10.8. The Morgan fingerprint density at radius 3 is 3.00 bits per heavy atom. The fraction of sp³-hybridized carbons (Fsp3) is 0.538. The molecule has 1 aromatic carbocycles. The van der Waals surface area contributed by atoms with Crippen molar-refractivity contribution in [3.05, 3.63) is 33.9 Å². The van der Waals surface area contributed by atoms with Crippen molar-refractivity contribution >= 4 is 27.3 Å². The number of ether oxygens (including phenoxy) is 1. The van der Waals surface area contributed by atoms with E-state index in [2.05, 4.69) is 27.8 Å². The number of nitro benzene ring substituents is 1. The molecule has 0 radical (unpaired) electrons. The van der Waals surface area contributed by atoms with Crippen LogP contribution in [-0.4, -0.2) is 30.7 Å². The van der Waals surface area contributed by atoms with Crippen LogP contribution in [0.25, 0.3) is 0 Å². The molecule has 0 N–H and O–H groups in total. The first kappa shape index (κ1) is 14.3. The zero-order valence-electron chi connectivity index (χ0n) is 10.8. The van der Waals surface area contributed by atoms with Crippen LogP contribution in [0, 0.1) is 10.1 Å². The molecule has 0 amide bonds. The number of halogens is 1. The highest BCUT2D eigenvalue weighted by Gasteiger charge is 2.24. The number of alkyl halides is 1. The molecule has 0 aliphatic carbocycles. The van der Waals surface area contributed by atoms with Gasteiger partial charge in [0, 0.05) is 29.7 Å². The van der Waals surface area contributed by atoms with Crippen molar-refractivity contribution < 1.29 is 9.66 Å². The first-order valence-electron chi connectivity index (χ1n) is 6.35. The van der Waals surface area contributed by atoms with Crippen LogP contribution in [-0.2, 0) is 10.1 Å². The first-order chi connectivity index (χ1) is 9.17. The molecule has 5 nitrogen and oxygen atoms in total. The minimum absolute atomic E-state index is 0.138. The monoisotopic (exact) mass is 328 g/mol. The van der Waals surface area contributed by atoms with Gasteiger partial charge in [-0.2, -0.15) is 0 Å². The standard InChI is InChI=1S/C13H17BrN2O3/c1-2-11-9-19-6-5-15(11)13-4-3-12(16(17)18)7-10(13)8-14/h3-4,7,11H,2,5-6,8-9H2,1H3. The summed E-state index contributed by atoms with van der Waals surface area (Å²) >= 11 is 3.42. The van der Waals surface area contributed by atoms with E-state index in [9.17, 15) is 10.1 Å². The summed E-state index contributed by atoms with van der Waals surface area (Å²) in [5.41, 5.74) is 2.16. The molecule has 1 atom stereocenters. The van der Waals surface area contributed by atoms with Crippen LogP contribution in [0.15, 0.2) is 18.2 Å². The Bertz CT molecular complexity index is 467. The Labute approximate surface area is 120 Å². The summed E-state index contributed by atoms with van der Waals surface area (Å²) in [4.78, 5) is 12.8. The van der Waals surface area contributed by atoms with Crippen LogP contribution in [0.2, 0.25) is 0 Å². The Morgan fingerprint density at radius 1 is 1.58 bits per heavy atom. The van der Waals surface area contributed by atoms with E-state index in [4.69, 9.17) is 4.74 Å². The lowest BCUT2D eigenvalue weighted by Crippen LogP contribution is -2.45. The lowest BCUT2D eigenvalue weighted by Gasteiger charge is -2.37. The molecule has 1 aliphatic heterocycles. The number of anilines is 1. The Morgan fingerprint density at radius 2 is 2.37 bits per heavy atom. The third kappa shape index (κ3) is 3.06. The van der Waals surface area contributed by atoms with Crippen LogP contribution < -0.4 is 4.90 Å². The van der Waals surface area contributed by atoms with Crippen molar-refractivity contribution in [1.82, 2.24) is 0 Å². The number of non-ortho nitro benzene ring substituents is 1. The van der Waals surface area contributed by atoms with Gasteiger partial charge in [-0.15, -0.1) is 0 Å². The number of benzene rings is 1. The minimum atomic E-state index is -0.355. The zero-order valence-corrected chi connectivity index (χ0v) is 12.4. The van der Waals surface area contributed by atoms with Gasteiger partial charge >= 0.3 is 0 Å². The van der Waals surface area contributed by atoms with Gasteiger partial charge in [-0.25, -0.2) is 0 Å². The van der Waals surface area contributed by atoms with Gasteiger partial charge < -0.3 is 9.64 Å². The second kappa shape index (κ2) is 6.34. The molecule has 6 heteroatoms. The van der Waals surface area contributed by atoms with Gasteiger partial charge in [0.15, 0.2) is 0 Å². The van der Waals surface area contributed by atoms with E-state index < -0.39 is 0 Å². The molecular weight excluding hydrogens is 312 g/mol. The maximum absolute atomic E-state index is 10.8. The van der Waals surface area contributed by atoms with Gasteiger partial charge in [0.1, 0.15) is 0 Å². The topological polar surface area (TPSA) is 55.6 Å². The molecule has 2 rings (SSSR count). The van der Waals surface area contributed by atoms with E-state index >= 15 is 0 Å². The van der Waals surface area contributed by atoms with Crippen molar-refractivity contribution in [2.75, 3.05) is 24.7 Å². The normalized spacial score (nSPS) is 19.5. The number of morpholine rings is 1. The number of hydrogen-bond donors (Lipinski definition) is 0. The van der Waals surface area contributed by atoms with E-state index in [1.807, 2.05) is 6.07 Å². The van der Waals surface area contributed by atoms with E-state index in [0.717, 1.165) is 30.8 Å². The molecule has 0 bridgehead atoms. The summed E-state index contributed by atoms with van der Waals surface area (Å²) in [6.07, 6.45) is 0.999. The molecule has 1 saturated heterocycles. The fourth-order valence-corrected chi connectivity index (χ4v) is 2.83. The molecule has 1 unspecified atom stereocenters. The van der Waals surface area contributed by atoms with E-state index in [0.29, 0.717) is 18.0 Å². The van der Waals surface area contributed by atoms with Crippen LogP contribution in [0.4, 0.5) is 11.4 Å². The Balaban J connectivity index is 2.34. The van der Waals surface area contributed by atoms with E-state index in [1.54, 1.807) is 12.1 Å². The minimum Gasteiger partial charge on any atom is -0.377 e.